The van der Waals surface area contributed by atoms with Crippen molar-refractivity contribution in [1.82, 2.24) is 0 Å². The lowest BCUT2D eigenvalue weighted by atomic mass is 10.0. The first-order valence-corrected chi connectivity index (χ1v) is 4.11. The third-order valence-electron chi connectivity index (χ3n) is 1.76. The molecule has 0 spiro atoms. The zero-order chi connectivity index (χ0) is 14.2. The Labute approximate surface area is 90.0 Å². The first-order chi connectivity index (χ1) is 8.95. The molecule has 14 heavy (non-hydrogen) atoms. The third-order valence-corrected chi connectivity index (χ3v) is 1.76. The van der Waals surface area contributed by atoms with Gasteiger partial charge in [-0.25, -0.2) is 0 Å². The van der Waals surface area contributed by atoms with Crippen LogP contribution in [-0.2, 0) is 0 Å². The molecule has 0 atom stereocenters. The van der Waals surface area contributed by atoms with Gasteiger partial charge in [0.2, 0.25) is 0 Å². The minimum absolute atomic E-state index is 0.293. The molecule has 0 saturated carbocycles. The molecule has 0 amide bonds. The van der Waals surface area contributed by atoms with E-state index >= 15 is 0 Å². The van der Waals surface area contributed by atoms with Crippen molar-refractivity contribution in [3.05, 3.63) is 71.7 Å². The Morgan fingerprint density at radius 1 is 0.929 bits per heavy atom. The van der Waals surface area contributed by atoms with Crippen molar-refractivity contribution in [2.45, 2.75) is 0 Å². The van der Waals surface area contributed by atoms with E-state index in [9.17, 15) is 4.79 Å². The second-order valence-corrected chi connectivity index (χ2v) is 2.70. The van der Waals surface area contributed by atoms with Crippen molar-refractivity contribution in [3.63, 3.8) is 0 Å². The van der Waals surface area contributed by atoms with E-state index in [4.69, 9.17) is 6.85 Å². The van der Waals surface area contributed by atoms with Gasteiger partial charge >= 0.3 is 0 Å². The monoisotopic (exact) mass is 187 g/mol. The van der Waals surface area contributed by atoms with Crippen molar-refractivity contribution in [3.8, 4) is 0 Å². The first-order valence-electron chi connectivity index (χ1n) is 6.61. The molecule has 0 aliphatic rings. The highest BCUT2D eigenvalue weighted by Gasteiger charge is 2.06. The van der Waals surface area contributed by atoms with Crippen molar-refractivity contribution in [2.75, 3.05) is 0 Å². The molecule has 0 aromatic heterocycles. The molecule has 0 aliphatic carbocycles. The maximum atomic E-state index is 12.2. The SMILES string of the molecule is [2H]c1c([2H])c([2H])c(C(=O)c2ccccc2)c([2H])c1[2H]. The molecule has 0 bridgehead atoms. The van der Waals surface area contributed by atoms with E-state index in [0.717, 1.165) is 0 Å². The highest BCUT2D eigenvalue weighted by Crippen LogP contribution is 2.08. The zero-order valence-corrected chi connectivity index (χ0v) is 7.29. The van der Waals surface area contributed by atoms with E-state index < -0.39 is 36.0 Å². The number of benzene rings is 2. The molecule has 1 nitrogen and oxygen atoms in total. The van der Waals surface area contributed by atoms with Crippen LogP contribution >= 0.6 is 0 Å². The van der Waals surface area contributed by atoms with Gasteiger partial charge in [-0.15, -0.1) is 0 Å². The predicted octanol–water partition coefficient (Wildman–Crippen LogP) is 2.92. The molecular formula is C13H10O. The Bertz CT molecular complexity index is 623. The third kappa shape index (κ3) is 1.72. The van der Waals surface area contributed by atoms with Crippen LogP contribution in [-0.4, -0.2) is 5.78 Å². The summed E-state index contributed by atoms with van der Waals surface area (Å²) in [5.41, 5.74) is -0.00164. The Morgan fingerprint density at radius 3 is 2.21 bits per heavy atom. The van der Waals surface area contributed by atoms with Crippen molar-refractivity contribution in [2.24, 2.45) is 0 Å². The molecule has 0 saturated heterocycles. The maximum Gasteiger partial charge on any atom is 0.193 e. The summed E-state index contributed by atoms with van der Waals surface area (Å²) in [6, 6.07) is 5.69. The van der Waals surface area contributed by atoms with Crippen LogP contribution in [0.2, 0.25) is 0 Å². The van der Waals surface area contributed by atoms with Crippen molar-refractivity contribution in [1.29, 1.82) is 0 Å². The normalized spacial score (nSPS) is 14.7. The summed E-state index contributed by atoms with van der Waals surface area (Å²) in [5, 5.41) is 0. The molecule has 2 aromatic carbocycles. The van der Waals surface area contributed by atoms with Crippen LogP contribution in [0.5, 0.6) is 0 Å². The average molecular weight is 187 g/mol. The highest BCUT2D eigenvalue weighted by atomic mass is 16.1. The molecule has 2 rings (SSSR count). The molecule has 0 radical (unpaired) electrons. The molecule has 0 fully saturated rings. The lowest BCUT2D eigenvalue weighted by molar-refractivity contribution is 0.103. The van der Waals surface area contributed by atoms with Gasteiger partial charge in [0, 0.05) is 11.1 Å². The van der Waals surface area contributed by atoms with Crippen molar-refractivity contribution >= 4 is 5.78 Å². The van der Waals surface area contributed by atoms with Crippen LogP contribution in [0.3, 0.4) is 0 Å². The van der Waals surface area contributed by atoms with E-state index in [2.05, 4.69) is 0 Å². The van der Waals surface area contributed by atoms with Gasteiger partial charge in [0.15, 0.2) is 5.78 Å². The topological polar surface area (TPSA) is 17.1 Å². The fourth-order valence-electron chi connectivity index (χ4n) is 1.10. The Hall–Kier alpha value is -1.89. The van der Waals surface area contributed by atoms with Crippen molar-refractivity contribution < 1.29 is 11.6 Å². The summed E-state index contributed by atoms with van der Waals surface area (Å²) in [4.78, 5) is 12.2. The van der Waals surface area contributed by atoms with Gasteiger partial charge in [0.25, 0.3) is 0 Å². The summed E-state index contributed by atoms with van der Waals surface area (Å²) in [6.45, 7) is 0. The second-order valence-electron chi connectivity index (χ2n) is 2.70. The van der Waals surface area contributed by atoms with Crippen LogP contribution in [0.4, 0.5) is 0 Å². The standard InChI is InChI=1S/C13H10O/c14-13(11-7-3-1-4-8-11)12-9-5-2-6-10-12/h1-10H/i1D,3D,4D,7D,8D. The van der Waals surface area contributed by atoms with Crippen LogP contribution in [0.25, 0.3) is 0 Å². The van der Waals surface area contributed by atoms with Crippen LogP contribution in [0, 0.1) is 0 Å². The average Bonchev–Trinajstić information content (AvgIpc) is 2.44. The molecule has 1 heteroatoms. The summed E-state index contributed by atoms with van der Waals surface area (Å²) in [5.74, 6) is -0.572. The first kappa shape index (κ1) is 4.56. The van der Waals surface area contributed by atoms with Gasteiger partial charge in [-0.2, -0.15) is 0 Å². The molecule has 0 heterocycles. The van der Waals surface area contributed by atoms with E-state index in [0.29, 0.717) is 5.56 Å². The van der Waals surface area contributed by atoms with Crippen LogP contribution < -0.4 is 0 Å². The number of ketones is 1. The van der Waals surface area contributed by atoms with E-state index in [1.807, 2.05) is 0 Å². The van der Waals surface area contributed by atoms with Crippen LogP contribution in [0.1, 0.15) is 22.8 Å². The van der Waals surface area contributed by atoms with Gasteiger partial charge in [-0.1, -0.05) is 60.5 Å². The number of carbonyl (C=O) groups is 1. The molecule has 68 valence electrons. The minimum Gasteiger partial charge on any atom is -0.289 e. The van der Waals surface area contributed by atoms with E-state index in [1.54, 1.807) is 30.3 Å². The van der Waals surface area contributed by atoms with Gasteiger partial charge in [-0.05, 0) is 0 Å². The highest BCUT2D eigenvalue weighted by molar-refractivity contribution is 6.08. The lowest BCUT2D eigenvalue weighted by Gasteiger charge is -1.99. The Morgan fingerprint density at radius 2 is 1.57 bits per heavy atom. The van der Waals surface area contributed by atoms with Gasteiger partial charge < -0.3 is 0 Å². The summed E-state index contributed by atoms with van der Waals surface area (Å²) < 4.78 is 38.0. The van der Waals surface area contributed by atoms with Gasteiger partial charge in [0.1, 0.15) is 0 Å². The zero-order valence-electron chi connectivity index (χ0n) is 12.3. The molecule has 0 aliphatic heterocycles. The quantitative estimate of drug-likeness (QED) is 0.661. The predicted molar refractivity (Wildman–Crippen MR) is 56.3 cm³/mol. The minimum atomic E-state index is -0.572. The van der Waals surface area contributed by atoms with Gasteiger partial charge in [-0.3, -0.25) is 4.79 Å². The molecule has 0 unspecified atom stereocenters. The summed E-state index contributed by atoms with van der Waals surface area (Å²) >= 11 is 0. The fourth-order valence-corrected chi connectivity index (χ4v) is 1.10. The van der Waals surface area contributed by atoms with E-state index in [1.165, 1.54) is 0 Å². The molecule has 2 aromatic rings. The van der Waals surface area contributed by atoms with E-state index in [-0.39, 0.29) is 5.56 Å². The summed E-state index contributed by atoms with van der Waals surface area (Å²) in [7, 11) is 0. The maximum absolute atomic E-state index is 12.2. The number of hydrogen-bond donors (Lipinski definition) is 0. The molecular weight excluding hydrogens is 172 g/mol. The smallest absolute Gasteiger partial charge is 0.193 e. The van der Waals surface area contributed by atoms with Gasteiger partial charge in [0.05, 0.1) is 6.85 Å². The second kappa shape index (κ2) is 3.88. The largest absolute Gasteiger partial charge is 0.289 e. The number of rotatable bonds is 2. The number of hydrogen-bond acceptors (Lipinski definition) is 1. The summed E-state index contributed by atoms with van der Waals surface area (Å²) in [6.07, 6.45) is 0. The number of carbonyl (C=O) groups excluding carboxylic acids is 1. The Kier molecular flexibility index (Phi) is 1.26. The Balaban J connectivity index is 2.67. The fraction of sp³-hybridized carbons (Fsp3) is 0. The molecule has 0 N–H and O–H groups in total. The lowest BCUT2D eigenvalue weighted by Crippen LogP contribution is -1.99. The van der Waals surface area contributed by atoms with Crippen LogP contribution in [0.15, 0.2) is 60.5 Å².